The highest BCUT2D eigenvalue weighted by Crippen LogP contribution is 2.31. The lowest BCUT2D eigenvalue weighted by molar-refractivity contribution is 0.579. The Hall–Kier alpha value is -2.66. The second kappa shape index (κ2) is 6.01. The fourth-order valence-corrected chi connectivity index (χ4v) is 3.86. The third kappa shape index (κ3) is 2.61. The second-order valence-corrected chi connectivity index (χ2v) is 6.82. The van der Waals surface area contributed by atoms with Crippen molar-refractivity contribution in [3.63, 3.8) is 0 Å². The summed E-state index contributed by atoms with van der Waals surface area (Å²) >= 11 is 0. The van der Waals surface area contributed by atoms with Gasteiger partial charge in [-0.2, -0.15) is 0 Å². The number of dihydropyridines is 1. The first-order valence-electron chi connectivity index (χ1n) is 8.99. The predicted molar refractivity (Wildman–Crippen MR) is 102 cm³/mol. The van der Waals surface area contributed by atoms with Crippen LogP contribution in [0.4, 0.5) is 5.69 Å². The molecule has 126 valence electrons. The van der Waals surface area contributed by atoms with E-state index >= 15 is 0 Å². The Morgan fingerprint density at radius 3 is 2.92 bits per heavy atom. The molecule has 3 aliphatic heterocycles. The third-order valence-electron chi connectivity index (χ3n) is 5.21. The van der Waals surface area contributed by atoms with Gasteiger partial charge in [0, 0.05) is 53.9 Å². The van der Waals surface area contributed by atoms with E-state index in [0.29, 0.717) is 0 Å². The van der Waals surface area contributed by atoms with Crippen LogP contribution in [0.1, 0.15) is 24.8 Å². The number of anilines is 1. The minimum Gasteiger partial charge on any atom is -0.371 e. The molecule has 1 unspecified atom stereocenters. The number of aliphatic imine (C=N–C) groups is 1. The summed E-state index contributed by atoms with van der Waals surface area (Å²) in [5.74, 6) is 0. The van der Waals surface area contributed by atoms with Gasteiger partial charge in [-0.1, -0.05) is 6.07 Å². The molecule has 1 fully saturated rings. The average molecular weight is 331 g/mol. The first-order valence-corrected chi connectivity index (χ1v) is 8.99. The zero-order valence-corrected chi connectivity index (χ0v) is 14.1. The van der Waals surface area contributed by atoms with Crippen molar-refractivity contribution < 1.29 is 0 Å². The molecule has 4 heterocycles. The largest absolute Gasteiger partial charge is 0.371 e. The number of hydrogen-bond donors (Lipinski definition) is 2. The first-order chi connectivity index (χ1) is 12.4. The number of hydrazine groups is 1. The molecule has 3 aliphatic rings. The number of pyridine rings is 1. The van der Waals surface area contributed by atoms with Crippen molar-refractivity contribution in [1.82, 2.24) is 15.8 Å². The van der Waals surface area contributed by atoms with Crippen LogP contribution in [0.5, 0.6) is 0 Å². The minimum absolute atomic E-state index is 0.0368. The van der Waals surface area contributed by atoms with E-state index in [4.69, 9.17) is 0 Å². The summed E-state index contributed by atoms with van der Waals surface area (Å²) in [6, 6.07) is 8.69. The standard InChI is InChI=1S/C20H21N5/c1-2-8-25(9-3-1)19-6-7-21-18-5-4-14(11-17(18)19)15-10-16-13-23-24-20(16)22-12-15/h4-7,10-13,20,23-24H,1-3,8-9H2. The lowest BCUT2D eigenvalue weighted by atomic mass is 9.98. The van der Waals surface area contributed by atoms with Crippen LogP contribution in [0, 0.1) is 0 Å². The van der Waals surface area contributed by atoms with Crippen molar-refractivity contribution in [2.24, 2.45) is 4.99 Å². The van der Waals surface area contributed by atoms with Crippen molar-refractivity contribution in [1.29, 1.82) is 0 Å². The number of benzene rings is 1. The molecule has 1 atom stereocenters. The number of aromatic nitrogens is 1. The summed E-state index contributed by atoms with van der Waals surface area (Å²) in [5.41, 5.74) is 12.0. The molecule has 5 rings (SSSR count). The molecule has 0 bridgehead atoms. The quantitative estimate of drug-likeness (QED) is 0.888. The number of fused-ring (bicyclic) bond motifs is 2. The van der Waals surface area contributed by atoms with Gasteiger partial charge in [0.05, 0.1) is 5.52 Å². The number of nitrogens with one attached hydrogen (secondary N) is 2. The van der Waals surface area contributed by atoms with Crippen LogP contribution in [0.25, 0.3) is 16.5 Å². The van der Waals surface area contributed by atoms with E-state index < -0.39 is 0 Å². The van der Waals surface area contributed by atoms with Crippen LogP contribution in [0.2, 0.25) is 0 Å². The molecule has 1 aromatic carbocycles. The number of nitrogens with zero attached hydrogens (tertiary/aromatic N) is 3. The molecular formula is C20H21N5. The Balaban J connectivity index is 1.58. The Kier molecular flexibility index (Phi) is 3.52. The average Bonchev–Trinajstić information content (AvgIpc) is 3.15. The Morgan fingerprint density at radius 1 is 1.08 bits per heavy atom. The topological polar surface area (TPSA) is 52.6 Å². The van der Waals surface area contributed by atoms with Gasteiger partial charge in [-0.3, -0.25) is 9.98 Å². The normalized spacial score (nSPS) is 22.4. The highest BCUT2D eigenvalue weighted by atomic mass is 15.4. The van der Waals surface area contributed by atoms with Crippen molar-refractivity contribution in [3.05, 3.63) is 53.9 Å². The van der Waals surface area contributed by atoms with Crippen LogP contribution in [0.15, 0.2) is 53.3 Å². The molecule has 1 aromatic heterocycles. The van der Waals surface area contributed by atoms with E-state index in [2.05, 4.69) is 56.1 Å². The fraction of sp³-hybridized carbons (Fsp3) is 0.300. The summed E-state index contributed by atoms with van der Waals surface area (Å²) < 4.78 is 0. The zero-order chi connectivity index (χ0) is 16.6. The molecule has 2 N–H and O–H groups in total. The van der Waals surface area contributed by atoms with Crippen molar-refractivity contribution in [2.45, 2.75) is 25.4 Å². The maximum Gasteiger partial charge on any atom is 0.143 e. The molecule has 0 spiro atoms. The molecule has 25 heavy (non-hydrogen) atoms. The number of allylic oxidation sites excluding steroid dienone is 1. The summed E-state index contributed by atoms with van der Waals surface area (Å²) in [7, 11) is 0. The van der Waals surface area contributed by atoms with E-state index in [1.807, 2.05) is 18.6 Å². The van der Waals surface area contributed by atoms with E-state index in [0.717, 1.165) is 24.2 Å². The minimum atomic E-state index is 0.0368. The Labute approximate surface area is 147 Å². The van der Waals surface area contributed by atoms with Gasteiger partial charge in [0.25, 0.3) is 0 Å². The number of piperidine rings is 1. The van der Waals surface area contributed by atoms with E-state index in [9.17, 15) is 0 Å². The molecule has 0 radical (unpaired) electrons. The maximum absolute atomic E-state index is 4.58. The molecule has 2 aromatic rings. The Bertz CT molecular complexity index is 905. The van der Waals surface area contributed by atoms with Gasteiger partial charge < -0.3 is 10.3 Å². The highest BCUT2D eigenvalue weighted by Gasteiger charge is 2.20. The lowest BCUT2D eigenvalue weighted by Gasteiger charge is -2.29. The molecule has 0 aliphatic carbocycles. The smallest absolute Gasteiger partial charge is 0.143 e. The molecular weight excluding hydrogens is 310 g/mol. The summed E-state index contributed by atoms with van der Waals surface area (Å²) in [6.45, 7) is 2.28. The van der Waals surface area contributed by atoms with Crippen molar-refractivity contribution in [2.75, 3.05) is 18.0 Å². The summed E-state index contributed by atoms with van der Waals surface area (Å²) in [6.07, 6.45) is 12.0. The predicted octanol–water partition coefficient (Wildman–Crippen LogP) is 3.01. The van der Waals surface area contributed by atoms with E-state index in [1.54, 1.807) is 0 Å². The van der Waals surface area contributed by atoms with Gasteiger partial charge in [0.2, 0.25) is 0 Å². The van der Waals surface area contributed by atoms with Gasteiger partial charge in [0.15, 0.2) is 0 Å². The first kappa shape index (κ1) is 14.7. The molecule has 0 saturated carbocycles. The van der Waals surface area contributed by atoms with Crippen LogP contribution in [-0.4, -0.2) is 30.5 Å². The monoisotopic (exact) mass is 331 g/mol. The summed E-state index contributed by atoms with van der Waals surface area (Å²) in [5, 5.41) is 1.23. The SMILES string of the molecule is C1=NC2NNC=C2C=C1c1ccc2nccc(N3CCCCC3)c2c1. The molecule has 1 saturated heterocycles. The fourth-order valence-electron chi connectivity index (χ4n) is 3.86. The van der Waals surface area contributed by atoms with Crippen LogP contribution < -0.4 is 15.8 Å². The maximum atomic E-state index is 4.58. The van der Waals surface area contributed by atoms with Crippen molar-refractivity contribution in [3.8, 4) is 0 Å². The third-order valence-corrected chi connectivity index (χ3v) is 5.21. The van der Waals surface area contributed by atoms with Crippen molar-refractivity contribution >= 4 is 28.4 Å². The second-order valence-electron chi connectivity index (χ2n) is 6.82. The lowest BCUT2D eigenvalue weighted by Crippen LogP contribution is -2.31. The van der Waals surface area contributed by atoms with Crippen LogP contribution in [-0.2, 0) is 0 Å². The zero-order valence-electron chi connectivity index (χ0n) is 14.1. The Morgan fingerprint density at radius 2 is 2.00 bits per heavy atom. The molecule has 5 nitrogen and oxygen atoms in total. The van der Waals surface area contributed by atoms with Gasteiger partial charge >= 0.3 is 0 Å². The summed E-state index contributed by atoms with van der Waals surface area (Å²) in [4.78, 5) is 11.6. The van der Waals surface area contributed by atoms with Crippen LogP contribution >= 0.6 is 0 Å². The van der Waals surface area contributed by atoms with Gasteiger partial charge in [-0.05, 0) is 49.1 Å². The molecule has 0 amide bonds. The number of rotatable bonds is 2. The molecule has 5 heteroatoms. The van der Waals surface area contributed by atoms with Gasteiger partial charge in [-0.15, -0.1) is 0 Å². The highest BCUT2D eigenvalue weighted by molar-refractivity contribution is 6.13. The van der Waals surface area contributed by atoms with Crippen LogP contribution in [0.3, 0.4) is 0 Å². The van der Waals surface area contributed by atoms with Gasteiger partial charge in [0.1, 0.15) is 6.17 Å². The van der Waals surface area contributed by atoms with E-state index in [-0.39, 0.29) is 6.17 Å². The van der Waals surface area contributed by atoms with Gasteiger partial charge in [-0.25, -0.2) is 5.43 Å². The van der Waals surface area contributed by atoms with E-state index in [1.165, 1.54) is 41.5 Å². The number of hydrogen-bond acceptors (Lipinski definition) is 5.